The number of rotatable bonds is 3. The fourth-order valence-electron chi connectivity index (χ4n) is 1.52. The third-order valence-corrected chi connectivity index (χ3v) is 2.31. The van der Waals surface area contributed by atoms with Crippen LogP contribution < -0.4 is 0 Å². The minimum atomic E-state index is 0.0196. The van der Waals surface area contributed by atoms with Crippen LogP contribution in [0.25, 0.3) is 0 Å². The van der Waals surface area contributed by atoms with Gasteiger partial charge in [0, 0.05) is 5.56 Å². The van der Waals surface area contributed by atoms with E-state index >= 15 is 0 Å². The number of Topliss-reactive ketones (excluding diaryl/α,β-unsaturated/α-hetero) is 1. The smallest absolute Gasteiger partial charge is 0.171 e. The van der Waals surface area contributed by atoms with Gasteiger partial charge in [0.05, 0.1) is 6.42 Å². The first-order chi connectivity index (χ1) is 7.75. The number of carbonyl (C=O) groups is 1. The molecule has 0 unspecified atom stereocenters. The van der Waals surface area contributed by atoms with Gasteiger partial charge in [-0.05, 0) is 18.1 Å². The highest BCUT2D eigenvalue weighted by molar-refractivity contribution is 6.04. The molecule has 0 saturated carbocycles. The molecule has 2 rings (SSSR count). The van der Waals surface area contributed by atoms with E-state index in [1.807, 2.05) is 54.6 Å². The van der Waals surface area contributed by atoms with Crippen LogP contribution in [0.5, 0.6) is 0 Å². The highest BCUT2D eigenvalue weighted by Gasteiger charge is 2.06. The molecule has 0 spiro atoms. The summed E-state index contributed by atoms with van der Waals surface area (Å²) in [5, 5.41) is 0. The largest absolute Gasteiger partial charge is 0.293 e. The van der Waals surface area contributed by atoms with Gasteiger partial charge in [0.1, 0.15) is 0 Å². The highest BCUT2D eigenvalue weighted by Crippen LogP contribution is 2.10. The molecule has 0 aliphatic heterocycles. The second kappa shape index (κ2) is 4.75. The van der Waals surface area contributed by atoms with Crippen LogP contribution in [0.2, 0.25) is 0 Å². The lowest BCUT2D eigenvalue weighted by molar-refractivity contribution is 0.103. The zero-order valence-electron chi connectivity index (χ0n) is 8.89. The molecule has 16 heavy (non-hydrogen) atoms. The van der Waals surface area contributed by atoms with E-state index in [0.717, 1.165) is 11.1 Å². The van der Waals surface area contributed by atoms with Gasteiger partial charge in [-0.25, -0.2) is 0 Å². The van der Waals surface area contributed by atoms with E-state index in [1.165, 1.54) is 0 Å². The Morgan fingerprint density at radius 2 is 1.75 bits per heavy atom. The van der Waals surface area contributed by atoms with Crippen molar-refractivity contribution in [2.75, 3.05) is 0 Å². The molecule has 0 N–H and O–H groups in total. The standard InChI is InChI=1S/C15H12O/c1-12-6-5-7-13(10-12)11-15(16)14-8-3-2-4-9-14/h2-11H,1H2. The van der Waals surface area contributed by atoms with Gasteiger partial charge < -0.3 is 0 Å². The average Bonchev–Trinajstić information content (AvgIpc) is 2.30. The van der Waals surface area contributed by atoms with Crippen LogP contribution in [0.3, 0.4) is 0 Å². The SMILES string of the molecule is [CH2]c1cccc([CH]C(=O)c2ccccc2)c1. The second-order valence-electron chi connectivity index (χ2n) is 3.62. The molecule has 0 aliphatic carbocycles. The van der Waals surface area contributed by atoms with E-state index in [1.54, 1.807) is 6.42 Å². The molecule has 0 amide bonds. The van der Waals surface area contributed by atoms with Crippen molar-refractivity contribution >= 4 is 5.78 Å². The maximum absolute atomic E-state index is 11.8. The summed E-state index contributed by atoms with van der Waals surface area (Å²) in [6.45, 7) is 3.83. The lowest BCUT2D eigenvalue weighted by Gasteiger charge is -2.01. The van der Waals surface area contributed by atoms with Gasteiger partial charge in [-0.1, -0.05) is 54.6 Å². The summed E-state index contributed by atoms with van der Waals surface area (Å²) in [5.41, 5.74) is 2.51. The molecular formula is C15H12O. The molecule has 1 nitrogen and oxygen atoms in total. The molecule has 2 radical (unpaired) electrons. The molecule has 0 aliphatic rings. The first-order valence-corrected chi connectivity index (χ1v) is 5.12. The van der Waals surface area contributed by atoms with Gasteiger partial charge in [-0.15, -0.1) is 0 Å². The Kier molecular flexibility index (Phi) is 3.16. The summed E-state index contributed by atoms with van der Waals surface area (Å²) in [6, 6.07) is 16.8. The zero-order valence-corrected chi connectivity index (χ0v) is 8.89. The maximum Gasteiger partial charge on any atom is 0.171 e. The van der Waals surface area contributed by atoms with Crippen LogP contribution in [0.15, 0.2) is 54.6 Å². The van der Waals surface area contributed by atoms with Gasteiger partial charge in [-0.2, -0.15) is 0 Å². The Morgan fingerprint density at radius 3 is 2.44 bits per heavy atom. The van der Waals surface area contributed by atoms with Crippen LogP contribution >= 0.6 is 0 Å². The molecule has 2 aromatic carbocycles. The summed E-state index contributed by atoms with van der Waals surface area (Å²) in [6.07, 6.45) is 1.63. The van der Waals surface area contributed by atoms with E-state index < -0.39 is 0 Å². The third-order valence-electron chi connectivity index (χ3n) is 2.31. The number of carbonyl (C=O) groups excluding carboxylic acids is 1. The lowest BCUT2D eigenvalue weighted by atomic mass is 10.0. The molecule has 0 saturated heterocycles. The Bertz CT molecular complexity index is 486. The predicted octanol–water partition coefficient (Wildman–Crippen LogP) is 3.30. The van der Waals surface area contributed by atoms with Crippen LogP contribution in [0.4, 0.5) is 0 Å². The number of hydrogen-bond donors (Lipinski definition) is 0. The molecule has 0 heterocycles. The number of benzene rings is 2. The first kappa shape index (κ1) is 10.6. The first-order valence-electron chi connectivity index (χ1n) is 5.12. The highest BCUT2D eigenvalue weighted by atomic mass is 16.1. The minimum absolute atomic E-state index is 0.0196. The molecule has 1 heteroatoms. The summed E-state index contributed by atoms with van der Waals surface area (Å²) >= 11 is 0. The monoisotopic (exact) mass is 208 g/mol. The van der Waals surface area contributed by atoms with Crippen molar-refractivity contribution in [2.45, 2.75) is 0 Å². The third kappa shape index (κ3) is 2.57. The molecule has 0 bridgehead atoms. The van der Waals surface area contributed by atoms with Crippen LogP contribution in [-0.4, -0.2) is 5.78 Å². The van der Waals surface area contributed by atoms with Gasteiger partial charge in [-0.3, -0.25) is 4.79 Å². The molecule has 2 aromatic rings. The summed E-state index contributed by atoms with van der Waals surface area (Å²) in [4.78, 5) is 11.8. The number of ketones is 1. The fourth-order valence-corrected chi connectivity index (χ4v) is 1.52. The Balaban J connectivity index is 2.14. The molecule has 78 valence electrons. The Hall–Kier alpha value is -1.89. The van der Waals surface area contributed by atoms with Gasteiger partial charge in [0.25, 0.3) is 0 Å². The van der Waals surface area contributed by atoms with Crippen molar-refractivity contribution in [1.82, 2.24) is 0 Å². The fraction of sp³-hybridized carbons (Fsp3) is 0. The number of hydrogen-bond acceptors (Lipinski definition) is 1. The van der Waals surface area contributed by atoms with Gasteiger partial charge in [0.2, 0.25) is 0 Å². The van der Waals surface area contributed by atoms with Gasteiger partial charge >= 0.3 is 0 Å². The molecular weight excluding hydrogens is 196 g/mol. The van der Waals surface area contributed by atoms with Crippen molar-refractivity contribution in [3.05, 3.63) is 84.6 Å². The zero-order chi connectivity index (χ0) is 11.4. The van der Waals surface area contributed by atoms with Gasteiger partial charge in [0.15, 0.2) is 5.78 Å². The molecule has 0 aromatic heterocycles. The van der Waals surface area contributed by atoms with Crippen molar-refractivity contribution in [2.24, 2.45) is 0 Å². The van der Waals surface area contributed by atoms with Crippen LogP contribution in [0.1, 0.15) is 21.5 Å². The second-order valence-corrected chi connectivity index (χ2v) is 3.62. The van der Waals surface area contributed by atoms with E-state index in [9.17, 15) is 4.79 Å². The van der Waals surface area contributed by atoms with Crippen molar-refractivity contribution in [3.63, 3.8) is 0 Å². The summed E-state index contributed by atoms with van der Waals surface area (Å²) in [5.74, 6) is 0.0196. The van der Waals surface area contributed by atoms with E-state index in [-0.39, 0.29) is 5.78 Å². The average molecular weight is 208 g/mol. The predicted molar refractivity (Wildman–Crippen MR) is 65.1 cm³/mol. The summed E-state index contributed by atoms with van der Waals surface area (Å²) in [7, 11) is 0. The van der Waals surface area contributed by atoms with Crippen molar-refractivity contribution in [3.8, 4) is 0 Å². The Morgan fingerprint density at radius 1 is 1.00 bits per heavy atom. The van der Waals surface area contributed by atoms with Crippen molar-refractivity contribution in [1.29, 1.82) is 0 Å². The Labute approximate surface area is 95.7 Å². The quantitative estimate of drug-likeness (QED) is 0.707. The minimum Gasteiger partial charge on any atom is -0.293 e. The lowest BCUT2D eigenvalue weighted by Crippen LogP contribution is -2.00. The topological polar surface area (TPSA) is 17.1 Å². The maximum atomic E-state index is 11.8. The van der Waals surface area contributed by atoms with Crippen molar-refractivity contribution < 1.29 is 4.79 Å². The van der Waals surface area contributed by atoms with E-state index in [0.29, 0.717) is 5.56 Å². The molecule has 0 atom stereocenters. The van der Waals surface area contributed by atoms with Crippen LogP contribution in [0, 0.1) is 13.3 Å². The van der Waals surface area contributed by atoms with Crippen LogP contribution in [-0.2, 0) is 0 Å². The normalized spacial score (nSPS) is 10.1. The van der Waals surface area contributed by atoms with E-state index in [2.05, 4.69) is 6.92 Å². The van der Waals surface area contributed by atoms with E-state index in [4.69, 9.17) is 0 Å². The summed E-state index contributed by atoms with van der Waals surface area (Å²) < 4.78 is 0. The molecule has 0 fully saturated rings.